The van der Waals surface area contributed by atoms with E-state index in [1.165, 1.54) is 11.1 Å². The summed E-state index contributed by atoms with van der Waals surface area (Å²) in [5, 5.41) is 4.16. The fourth-order valence-corrected chi connectivity index (χ4v) is 1.84. The van der Waals surface area contributed by atoms with Gasteiger partial charge in [-0.3, -0.25) is 0 Å². The average Bonchev–Trinajstić information content (AvgIpc) is 2.21. The van der Waals surface area contributed by atoms with Crippen LogP contribution in [0.25, 0.3) is 0 Å². The number of hydrogen-bond acceptors (Lipinski definition) is 2. The van der Waals surface area contributed by atoms with Gasteiger partial charge in [-0.2, -0.15) is 0 Å². The first kappa shape index (κ1) is 12.5. The number of aryl methyl sites for hydroxylation is 1. The molecule has 0 spiro atoms. The van der Waals surface area contributed by atoms with Crippen LogP contribution in [0.1, 0.15) is 24.1 Å². The zero-order valence-corrected chi connectivity index (χ0v) is 10.3. The number of methoxy groups -OCH3 is 1. The molecule has 0 aromatic heterocycles. The molecule has 0 saturated heterocycles. The normalized spacial score (nSPS) is 12.8. The van der Waals surface area contributed by atoms with Crippen LogP contribution in [0.4, 0.5) is 0 Å². The van der Waals surface area contributed by atoms with Gasteiger partial charge in [0.05, 0.1) is 12.6 Å². The third-order valence-electron chi connectivity index (χ3n) is 2.40. The average molecular weight is 228 g/mol. The van der Waals surface area contributed by atoms with Gasteiger partial charge in [0.1, 0.15) is 0 Å². The Morgan fingerprint density at radius 2 is 2.20 bits per heavy atom. The Kier molecular flexibility index (Phi) is 5.09. The van der Waals surface area contributed by atoms with Gasteiger partial charge in [-0.15, -0.1) is 0 Å². The summed E-state index contributed by atoms with van der Waals surface area (Å²) in [6, 6.07) is 6.18. The van der Waals surface area contributed by atoms with E-state index in [1.807, 2.05) is 18.2 Å². The Balaban J connectivity index is 2.93. The SMILES string of the molecule is CCNC(COC)c1cc(Cl)ccc1C. The molecule has 1 aromatic rings. The van der Waals surface area contributed by atoms with Crippen molar-refractivity contribution in [2.45, 2.75) is 19.9 Å². The van der Waals surface area contributed by atoms with Crippen LogP contribution in [0.5, 0.6) is 0 Å². The zero-order chi connectivity index (χ0) is 11.3. The molecule has 1 N–H and O–H groups in total. The largest absolute Gasteiger partial charge is 0.383 e. The molecule has 1 aromatic carbocycles. The van der Waals surface area contributed by atoms with Crippen molar-refractivity contribution in [2.24, 2.45) is 0 Å². The number of ether oxygens (including phenoxy) is 1. The first-order valence-electron chi connectivity index (χ1n) is 5.17. The molecule has 0 heterocycles. The summed E-state index contributed by atoms with van der Waals surface area (Å²) in [5.41, 5.74) is 2.45. The predicted molar refractivity (Wildman–Crippen MR) is 64.5 cm³/mol. The van der Waals surface area contributed by atoms with E-state index in [4.69, 9.17) is 16.3 Å². The summed E-state index contributed by atoms with van der Waals surface area (Å²) in [6.07, 6.45) is 0. The number of likely N-dealkylation sites (N-methyl/N-ethyl adjacent to an activating group) is 1. The maximum Gasteiger partial charge on any atom is 0.0657 e. The molecule has 3 heteroatoms. The van der Waals surface area contributed by atoms with Crippen LogP contribution in [0, 0.1) is 6.92 Å². The highest BCUT2D eigenvalue weighted by atomic mass is 35.5. The van der Waals surface area contributed by atoms with Crippen molar-refractivity contribution in [3.8, 4) is 0 Å². The minimum absolute atomic E-state index is 0.221. The van der Waals surface area contributed by atoms with Gasteiger partial charge >= 0.3 is 0 Å². The van der Waals surface area contributed by atoms with Gasteiger partial charge in [0.25, 0.3) is 0 Å². The Bertz CT molecular complexity index is 308. The lowest BCUT2D eigenvalue weighted by Crippen LogP contribution is -2.25. The highest BCUT2D eigenvalue weighted by Crippen LogP contribution is 2.22. The molecule has 0 radical (unpaired) electrons. The first-order valence-corrected chi connectivity index (χ1v) is 5.55. The minimum atomic E-state index is 0.221. The molecule has 0 aliphatic carbocycles. The van der Waals surface area contributed by atoms with Crippen LogP contribution < -0.4 is 5.32 Å². The molecule has 0 saturated carbocycles. The monoisotopic (exact) mass is 227 g/mol. The molecule has 0 aliphatic heterocycles. The molecular weight excluding hydrogens is 210 g/mol. The van der Waals surface area contributed by atoms with E-state index in [1.54, 1.807) is 7.11 Å². The first-order chi connectivity index (χ1) is 7.19. The number of benzene rings is 1. The third kappa shape index (κ3) is 3.49. The van der Waals surface area contributed by atoms with E-state index >= 15 is 0 Å². The molecule has 1 rings (SSSR count). The molecule has 0 bridgehead atoms. The van der Waals surface area contributed by atoms with Crippen LogP contribution >= 0.6 is 11.6 Å². The zero-order valence-electron chi connectivity index (χ0n) is 9.51. The van der Waals surface area contributed by atoms with E-state index in [2.05, 4.69) is 19.2 Å². The maximum absolute atomic E-state index is 5.99. The number of hydrogen-bond donors (Lipinski definition) is 1. The lowest BCUT2D eigenvalue weighted by molar-refractivity contribution is 0.167. The Morgan fingerprint density at radius 1 is 1.47 bits per heavy atom. The molecule has 84 valence electrons. The van der Waals surface area contributed by atoms with E-state index in [-0.39, 0.29) is 6.04 Å². The molecule has 1 atom stereocenters. The van der Waals surface area contributed by atoms with E-state index in [0.717, 1.165) is 11.6 Å². The van der Waals surface area contributed by atoms with Gasteiger partial charge in [0.15, 0.2) is 0 Å². The Labute approximate surface area is 96.6 Å². The second-order valence-electron chi connectivity index (χ2n) is 3.57. The summed E-state index contributed by atoms with van der Waals surface area (Å²) in [6.45, 7) is 5.75. The van der Waals surface area contributed by atoms with Crippen LogP contribution in [0.15, 0.2) is 18.2 Å². The smallest absolute Gasteiger partial charge is 0.0657 e. The van der Waals surface area contributed by atoms with Crippen molar-refractivity contribution in [1.29, 1.82) is 0 Å². The van der Waals surface area contributed by atoms with Crippen LogP contribution in [0.3, 0.4) is 0 Å². The van der Waals surface area contributed by atoms with Gasteiger partial charge in [-0.1, -0.05) is 24.6 Å². The van der Waals surface area contributed by atoms with E-state index < -0.39 is 0 Å². The predicted octanol–water partition coefficient (Wildman–Crippen LogP) is 2.95. The summed E-state index contributed by atoms with van der Waals surface area (Å²) in [7, 11) is 1.71. The van der Waals surface area contributed by atoms with Gasteiger partial charge in [0.2, 0.25) is 0 Å². The van der Waals surface area contributed by atoms with Crippen LogP contribution in [-0.4, -0.2) is 20.3 Å². The third-order valence-corrected chi connectivity index (χ3v) is 2.64. The Morgan fingerprint density at radius 3 is 2.80 bits per heavy atom. The number of nitrogens with one attached hydrogen (secondary N) is 1. The fourth-order valence-electron chi connectivity index (χ4n) is 1.66. The number of rotatable bonds is 5. The molecule has 2 nitrogen and oxygen atoms in total. The van der Waals surface area contributed by atoms with Gasteiger partial charge in [-0.05, 0) is 36.7 Å². The van der Waals surface area contributed by atoms with Crippen molar-refractivity contribution in [3.05, 3.63) is 34.3 Å². The Hall–Kier alpha value is -0.570. The topological polar surface area (TPSA) is 21.3 Å². The molecular formula is C12H18ClNO. The van der Waals surface area contributed by atoms with E-state index in [0.29, 0.717) is 6.61 Å². The highest BCUT2D eigenvalue weighted by molar-refractivity contribution is 6.30. The second kappa shape index (κ2) is 6.11. The second-order valence-corrected chi connectivity index (χ2v) is 4.00. The van der Waals surface area contributed by atoms with Gasteiger partial charge in [0, 0.05) is 12.1 Å². The summed E-state index contributed by atoms with van der Waals surface area (Å²) in [4.78, 5) is 0. The lowest BCUT2D eigenvalue weighted by Gasteiger charge is -2.19. The minimum Gasteiger partial charge on any atom is -0.383 e. The highest BCUT2D eigenvalue weighted by Gasteiger charge is 2.12. The van der Waals surface area contributed by atoms with Crippen LogP contribution in [0.2, 0.25) is 5.02 Å². The fraction of sp³-hybridized carbons (Fsp3) is 0.500. The van der Waals surface area contributed by atoms with Crippen molar-refractivity contribution in [3.63, 3.8) is 0 Å². The molecule has 0 aliphatic rings. The van der Waals surface area contributed by atoms with E-state index in [9.17, 15) is 0 Å². The lowest BCUT2D eigenvalue weighted by atomic mass is 10.0. The summed E-state index contributed by atoms with van der Waals surface area (Å²) < 4.78 is 5.20. The summed E-state index contributed by atoms with van der Waals surface area (Å²) in [5.74, 6) is 0. The van der Waals surface area contributed by atoms with Crippen molar-refractivity contribution < 1.29 is 4.74 Å². The van der Waals surface area contributed by atoms with Crippen molar-refractivity contribution in [2.75, 3.05) is 20.3 Å². The van der Waals surface area contributed by atoms with Crippen molar-refractivity contribution >= 4 is 11.6 Å². The van der Waals surface area contributed by atoms with Gasteiger partial charge < -0.3 is 10.1 Å². The number of halogens is 1. The maximum atomic E-state index is 5.99. The molecule has 1 unspecified atom stereocenters. The molecule has 0 fully saturated rings. The molecule has 15 heavy (non-hydrogen) atoms. The quantitative estimate of drug-likeness (QED) is 0.835. The summed E-state index contributed by atoms with van der Waals surface area (Å²) >= 11 is 5.99. The van der Waals surface area contributed by atoms with Crippen LogP contribution in [-0.2, 0) is 4.74 Å². The standard InChI is InChI=1S/C12H18ClNO/c1-4-14-12(8-15-3)11-7-10(13)6-5-9(11)2/h5-7,12,14H,4,8H2,1-3H3. The molecule has 0 amide bonds. The van der Waals surface area contributed by atoms with Gasteiger partial charge in [-0.25, -0.2) is 0 Å². The van der Waals surface area contributed by atoms with Crippen molar-refractivity contribution in [1.82, 2.24) is 5.32 Å².